The summed E-state index contributed by atoms with van der Waals surface area (Å²) in [5, 5.41) is 0. The maximum absolute atomic E-state index is 5.96. The van der Waals surface area contributed by atoms with E-state index < -0.39 is 0 Å². The van der Waals surface area contributed by atoms with Crippen LogP contribution < -0.4 is 5.73 Å². The lowest BCUT2D eigenvalue weighted by molar-refractivity contribution is 0.493. The average molecular weight is 191 g/mol. The highest BCUT2D eigenvalue weighted by molar-refractivity contribution is 5.62. The summed E-state index contributed by atoms with van der Waals surface area (Å²) >= 11 is 0. The van der Waals surface area contributed by atoms with Gasteiger partial charge in [-0.3, -0.25) is 0 Å². The zero-order valence-corrected chi connectivity index (χ0v) is 8.77. The van der Waals surface area contributed by atoms with Crippen LogP contribution in [-0.4, -0.2) is 15.6 Å². The van der Waals surface area contributed by atoms with Crippen LogP contribution in [0, 0.1) is 5.92 Å². The van der Waals surface area contributed by atoms with Crippen molar-refractivity contribution in [1.82, 2.24) is 9.55 Å². The molecule has 1 aliphatic rings. The van der Waals surface area contributed by atoms with Gasteiger partial charge < -0.3 is 10.3 Å². The van der Waals surface area contributed by atoms with E-state index in [1.165, 1.54) is 5.57 Å². The van der Waals surface area contributed by atoms with E-state index in [2.05, 4.69) is 22.6 Å². The maximum Gasteiger partial charge on any atom is 0.135 e. The van der Waals surface area contributed by atoms with E-state index in [1.807, 2.05) is 19.4 Å². The highest BCUT2D eigenvalue weighted by atomic mass is 15.0. The molecule has 1 heterocycles. The number of nitrogens with two attached hydrogens (primary N) is 1. The van der Waals surface area contributed by atoms with Crippen molar-refractivity contribution in [3.63, 3.8) is 0 Å². The van der Waals surface area contributed by atoms with Gasteiger partial charge in [0.15, 0.2) is 0 Å². The number of hydrogen-bond acceptors (Lipinski definition) is 2. The molecule has 0 amide bonds. The van der Waals surface area contributed by atoms with Crippen LogP contribution in [0.3, 0.4) is 0 Å². The third kappa shape index (κ3) is 1.73. The molecule has 0 saturated heterocycles. The summed E-state index contributed by atoms with van der Waals surface area (Å²) in [4.78, 5) is 4.35. The molecular formula is C11H17N3. The molecule has 0 fully saturated rings. The molecular weight excluding hydrogens is 174 g/mol. The summed E-state index contributed by atoms with van der Waals surface area (Å²) in [6.45, 7) is 2.25. The first-order chi connectivity index (χ1) is 6.66. The fourth-order valence-corrected chi connectivity index (χ4v) is 2.16. The van der Waals surface area contributed by atoms with E-state index in [0.29, 0.717) is 5.92 Å². The van der Waals surface area contributed by atoms with E-state index in [1.54, 1.807) is 0 Å². The van der Waals surface area contributed by atoms with Crippen LogP contribution in [0.25, 0.3) is 5.57 Å². The highest BCUT2D eigenvalue weighted by Crippen LogP contribution is 2.28. The largest absolute Gasteiger partial charge is 0.334 e. The van der Waals surface area contributed by atoms with Gasteiger partial charge in [0.05, 0.1) is 0 Å². The van der Waals surface area contributed by atoms with Crippen molar-refractivity contribution < 1.29 is 0 Å². The van der Waals surface area contributed by atoms with Gasteiger partial charge in [-0.2, -0.15) is 0 Å². The lowest BCUT2D eigenvalue weighted by Crippen LogP contribution is -2.25. The molecule has 0 radical (unpaired) electrons. The van der Waals surface area contributed by atoms with Gasteiger partial charge in [0.2, 0.25) is 0 Å². The van der Waals surface area contributed by atoms with Crippen LogP contribution in [0.15, 0.2) is 18.5 Å². The third-order valence-corrected chi connectivity index (χ3v) is 2.77. The van der Waals surface area contributed by atoms with Crippen LogP contribution in [-0.2, 0) is 7.05 Å². The van der Waals surface area contributed by atoms with Gasteiger partial charge >= 0.3 is 0 Å². The van der Waals surface area contributed by atoms with Crippen LogP contribution in [0.4, 0.5) is 0 Å². The molecule has 3 heteroatoms. The first-order valence-corrected chi connectivity index (χ1v) is 5.11. The Kier molecular flexibility index (Phi) is 2.42. The Morgan fingerprint density at radius 1 is 1.57 bits per heavy atom. The second-order valence-corrected chi connectivity index (χ2v) is 4.26. The molecule has 2 atom stereocenters. The molecule has 0 aromatic carbocycles. The summed E-state index contributed by atoms with van der Waals surface area (Å²) in [6.07, 6.45) is 8.15. The van der Waals surface area contributed by atoms with E-state index in [9.17, 15) is 0 Å². The van der Waals surface area contributed by atoms with Crippen molar-refractivity contribution >= 4 is 5.57 Å². The molecule has 3 nitrogen and oxygen atoms in total. The van der Waals surface area contributed by atoms with Gasteiger partial charge in [-0.1, -0.05) is 13.0 Å². The zero-order valence-electron chi connectivity index (χ0n) is 8.77. The first-order valence-electron chi connectivity index (χ1n) is 5.11. The zero-order chi connectivity index (χ0) is 10.1. The lowest BCUT2D eigenvalue weighted by Gasteiger charge is -2.23. The number of allylic oxidation sites excluding steroid dienone is 1. The Labute approximate surface area is 84.6 Å². The Balaban J connectivity index is 2.30. The van der Waals surface area contributed by atoms with Gasteiger partial charge in [0.1, 0.15) is 5.82 Å². The number of aromatic nitrogens is 2. The van der Waals surface area contributed by atoms with Crippen LogP contribution in [0.2, 0.25) is 0 Å². The summed E-state index contributed by atoms with van der Waals surface area (Å²) in [5.41, 5.74) is 7.25. The van der Waals surface area contributed by atoms with Crippen LogP contribution in [0.5, 0.6) is 0 Å². The van der Waals surface area contributed by atoms with Gasteiger partial charge in [-0.15, -0.1) is 0 Å². The molecule has 0 saturated carbocycles. The smallest absolute Gasteiger partial charge is 0.135 e. The normalized spacial score (nSPS) is 27.5. The quantitative estimate of drug-likeness (QED) is 0.732. The van der Waals surface area contributed by atoms with Crippen molar-refractivity contribution in [2.24, 2.45) is 18.7 Å². The lowest BCUT2D eigenvalue weighted by atomic mass is 9.87. The van der Waals surface area contributed by atoms with Gasteiger partial charge in [0.25, 0.3) is 0 Å². The molecule has 2 rings (SSSR count). The monoisotopic (exact) mass is 191 g/mol. The minimum absolute atomic E-state index is 0.199. The van der Waals surface area contributed by atoms with Crippen molar-refractivity contribution in [2.45, 2.75) is 25.8 Å². The first kappa shape index (κ1) is 9.46. The average Bonchev–Trinajstić information content (AvgIpc) is 2.49. The number of aryl methyl sites for hydroxylation is 1. The number of rotatable bonds is 1. The van der Waals surface area contributed by atoms with Crippen molar-refractivity contribution in [3.05, 3.63) is 24.3 Å². The van der Waals surface area contributed by atoms with Crippen LogP contribution in [0.1, 0.15) is 25.6 Å². The molecule has 2 N–H and O–H groups in total. The third-order valence-electron chi connectivity index (χ3n) is 2.77. The molecule has 1 aromatic heterocycles. The fourth-order valence-electron chi connectivity index (χ4n) is 2.16. The standard InChI is InChI=1S/C11H17N3/c1-8-5-9(7-10(12)6-8)11-13-3-4-14(11)2/h3-4,7-8,10H,5-6,12H2,1-2H3. The van der Waals surface area contributed by atoms with E-state index >= 15 is 0 Å². The van der Waals surface area contributed by atoms with Crippen molar-refractivity contribution in [3.8, 4) is 0 Å². The summed E-state index contributed by atoms with van der Waals surface area (Å²) in [6, 6.07) is 0.199. The number of nitrogens with zero attached hydrogens (tertiary/aromatic N) is 2. The predicted octanol–water partition coefficient (Wildman–Crippen LogP) is 1.56. The Morgan fingerprint density at radius 2 is 2.36 bits per heavy atom. The second-order valence-electron chi connectivity index (χ2n) is 4.26. The molecule has 1 aromatic rings. The highest BCUT2D eigenvalue weighted by Gasteiger charge is 2.19. The van der Waals surface area contributed by atoms with Gasteiger partial charge in [0, 0.05) is 25.5 Å². The summed E-state index contributed by atoms with van der Waals surface area (Å²) in [5.74, 6) is 1.73. The van der Waals surface area contributed by atoms with Crippen molar-refractivity contribution in [2.75, 3.05) is 0 Å². The van der Waals surface area contributed by atoms with E-state index in [0.717, 1.165) is 18.7 Å². The topological polar surface area (TPSA) is 43.8 Å². The summed E-state index contributed by atoms with van der Waals surface area (Å²) < 4.78 is 2.05. The minimum Gasteiger partial charge on any atom is -0.334 e. The van der Waals surface area contributed by atoms with Gasteiger partial charge in [-0.25, -0.2) is 4.98 Å². The predicted molar refractivity (Wildman–Crippen MR) is 57.6 cm³/mol. The summed E-state index contributed by atoms with van der Waals surface area (Å²) in [7, 11) is 2.02. The Hall–Kier alpha value is -1.09. The SMILES string of the molecule is CC1CC(c2nccn2C)=CC(N)C1. The Bertz CT molecular complexity index is 351. The molecule has 2 unspecified atom stereocenters. The van der Waals surface area contributed by atoms with Gasteiger partial charge in [-0.05, 0) is 24.3 Å². The number of hydrogen-bond donors (Lipinski definition) is 1. The minimum atomic E-state index is 0.199. The molecule has 14 heavy (non-hydrogen) atoms. The number of imidazole rings is 1. The molecule has 1 aliphatic carbocycles. The van der Waals surface area contributed by atoms with Crippen LogP contribution >= 0.6 is 0 Å². The second kappa shape index (κ2) is 3.58. The molecule has 76 valence electrons. The van der Waals surface area contributed by atoms with E-state index in [4.69, 9.17) is 5.73 Å². The molecule has 0 bridgehead atoms. The molecule has 0 aliphatic heterocycles. The maximum atomic E-state index is 5.96. The van der Waals surface area contributed by atoms with Crippen molar-refractivity contribution in [1.29, 1.82) is 0 Å². The van der Waals surface area contributed by atoms with E-state index in [-0.39, 0.29) is 6.04 Å². The molecule has 0 spiro atoms. The fraction of sp³-hybridized carbons (Fsp3) is 0.545. The Morgan fingerprint density at radius 3 is 2.93 bits per heavy atom.